The molecule has 0 spiro atoms. The Morgan fingerprint density at radius 2 is 1.76 bits per heavy atom. The van der Waals surface area contributed by atoms with Gasteiger partial charge in [-0.15, -0.1) is 0 Å². The van der Waals surface area contributed by atoms with Crippen LogP contribution in [0.15, 0.2) is 24.3 Å². The predicted molar refractivity (Wildman–Crippen MR) is 88.5 cm³/mol. The molecule has 1 unspecified atom stereocenters. The van der Waals surface area contributed by atoms with E-state index in [1.54, 1.807) is 20.8 Å². The van der Waals surface area contributed by atoms with Crippen LogP contribution in [0.3, 0.4) is 0 Å². The summed E-state index contributed by atoms with van der Waals surface area (Å²) in [5, 5.41) is 14.2. The summed E-state index contributed by atoms with van der Waals surface area (Å²) in [7, 11) is 0. The molecule has 0 saturated carbocycles. The lowest BCUT2D eigenvalue weighted by Gasteiger charge is -2.18. The van der Waals surface area contributed by atoms with Crippen molar-refractivity contribution in [2.45, 2.75) is 33.3 Å². The zero-order chi connectivity index (χ0) is 19.0. The molecule has 0 bridgehead atoms. The number of hydrogen-bond donors (Lipinski definition) is 3. The van der Waals surface area contributed by atoms with E-state index in [-0.39, 0.29) is 31.2 Å². The molecule has 8 heteroatoms. The summed E-state index contributed by atoms with van der Waals surface area (Å²) in [4.78, 5) is 34.6. The molecule has 1 atom stereocenters. The van der Waals surface area contributed by atoms with Crippen LogP contribution in [0.25, 0.3) is 0 Å². The van der Waals surface area contributed by atoms with Crippen LogP contribution >= 0.6 is 0 Å². The first-order valence-electron chi connectivity index (χ1n) is 7.79. The number of carboxylic acids is 1. The van der Waals surface area contributed by atoms with Crippen LogP contribution < -0.4 is 15.4 Å². The van der Waals surface area contributed by atoms with E-state index in [1.807, 2.05) is 0 Å². The van der Waals surface area contributed by atoms with E-state index in [9.17, 15) is 18.8 Å². The van der Waals surface area contributed by atoms with Gasteiger partial charge in [-0.1, -0.05) is 20.8 Å². The van der Waals surface area contributed by atoms with E-state index in [2.05, 4.69) is 10.6 Å². The summed E-state index contributed by atoms with van der Waals surface area (Å²) in [6, 6.07) is 4.89. The molecule has 0 saturated heterocycles. The van der Waals surface area contributed by atoms with Gasteiger partial charge in [0.05, 0.1) is 6.54 Å². The molecule has 0 fully saturated rings. The normalized spacial score (nSPS) is 12.2. The largest absolute Gasteiger partial charge is 0.478 e. The number of aliphatic carboxylic acids is 1. The van der Waals surface area contributed by atoms with Gasteiger partial charge >= 0.3 is 5.97 Å². The fourth-order valence-electron chi connectivity index (χ4n) is 1.71. The van der Waals surface area contributed by atoms with E-state index in [1.165, 1.54) is 12.1 Å². The van der Waals surface area contributed by atoms with Crippen molar-refractivity contribution in [2.75, 3.05) is 13.1 Å². The van der Waals surface area contributed by atoms with Crippen molar-refractivity contribution in [2.24, 2.45) is 5.41 Å². The summed E-state index contributed by atoms with van der Waals surface area (Å²) in [5.41, 5.74) is -0.548. The first-order valence-corrected chi connectivity index (χ1v) is 7.79. The van der Waals surface area contributed by atoms with Gasteiger partial charge in [-0.3, -0.25) is 9.59 Å². The molecule has 2 amide bonds. The van der Waals surface area contributed by atoms with E-state index in [0.717, 1.165) is 12.1 Å². The summed E-state index contributed by atoms with van der Waals surface area (Å²) in [6.07, 6.45) is -1.29. The van der Waals surface area contributed by atoms with Crippen molar-refractivity contribution in [1.82, 2.24) is 10.6 Å². The van der Waals surface area contributed by atoms with Crippen molar-refractivity contribution >= 4 is 17.8 Å². The molecular formula is C17H23FN2O5. The summed E-state index contributed by atoms with van der Waals surface area (Å²) in [5.74, 6) is -2.14. The van der Waals surface area contributed by atoms with Crippen molar-refractivity contribution < 1.29 is 28.6 Å². The average Bonchev–Trinajstić information content (AvgIpc) is 2.51. The number of nitrogens with one attached hydrogen (secondary N) is 2. The van der Waals surface area contributed by atoms with Crippen LogP contribution in [0.2, 0.25) is 0 Å². The third-order valence-electron chi connectivity index (χ3n) is 3.17. The van der Waals surface area contributed by atoms with Gasteiger partial charge < -0.3 is 20.5 Å². The van der Waals surface area contributed by atoms with Gasteiger partial charge in [-0.25, -0.2) is 9.18 Å². The van der Waals surface area contributed by atoms with Gasteiger partial charge in [0.25, 0.3) is 0 Å². The van der Waals surface area contributed by atoms with E-state index in [4.69, 9.17) is 9.84 Å². The molecule has 0 aliphatic rings. The second kappa shape index (κ2) is 9.00. The van der Waals surface area contributed by atoms with Crippen molar-refractivity contribution in [1.29, 1.82) is 0 Å². The number of halogens is 1. The lowest BCUT2D eigenvalue weighted by molar-refractivity contribution is -0.145. The van der Waals surface area contributed by atoms with Crippen LogP contribution in [-0.4, -0.2) is 42.1 Å². The van der Waals surface area contributed by atoms with E-state index in [0.29, 0.717) is 0 Å². The highest BCUT2D eigenvalue weighted by atomic mass is 19.1. The van der Waals surface area contributed by atoms with Crippen LogP contribution in [-0.2, 0) is 14.4 Å². The maximum Gasteiger partial charge on any atom is 0.346 e. The molecule has 138 valence electrons. The Morgan fingerprint density at radius 1 is 1.16 bits per heavy atom. The van der Waals surface area contributed by atoms with E-state index < -0.39 is 29.2 Å². The van der Waals surface area contributed by atoms with Crippen molar-refractivity contribution in [3.8, 4) is 5.75 Å². The number of rotatable bonds is 8. The summed E-state index contributed by atoms with van der Waals surface area (Å²) in [6.45, 7) is 5.17. The molecular weight excluding hydrogens is 331 g/mol. The predicted octanol–water partition coefficient (Wildman–Crippen LogP) is 1.33. The minimum absolute atomic E-state index is 0.0186. The minimum atomic E-state index is -1.31. The quantitative estimate of drug-likeness (QED) is 0.653. The van der Waals surface area contributed by atoms with Crippen molar-refractivity contribution in [3.63, 3.8) is 0 Å². The van der Waals surface area contributed by atoms with Crippen LogP contribution in [0, 0.1) is 11.2 Å². The van der Waals surface area contributed by atoms with Gasteiger partial charge in [-0.2, -0.15) is 0 Å². The molecule has 0 radical (unpaired) electrons. The molecule has 1 rings (SSSR count). The second-order valence-electron chi connectivity index (χ2n) is 6.46. The van der Waals surface area contributed by atoms with Gasteiger partial charge in [0, 0.05) is 18.4 Å². The molecule has 0 aromatic heterocycles. The lowest BCUT2D eigenvalue weighted by Crippen LogP contribution is -2.42. The Bertz CT molecular complexity index is 610. The highest BCUT2D eigenvalue weighted by Crippen LogP contribution is 2.13. The Kier molecular flexibility index (Phi) is 7.35. The number of ether oxygens (including phenoxy) is 1. The second-order valence-corrected chi connectivity index (χ2v) is 6.46. The standard InChI is InChI=1S/C17H23FN2O5/c1-17(2,3)16(24)19-9-8-14(21)20-10-13(15(22)23)25-12-6-4-11(18)5-7-12/h4-7,13H,8-10H2,1-3H3,(H,19,24)(H,20,21)(H,22,23). The van der Waals surface area contributed by atoms with Crippen LogP contribution in [0.4, 0.5) is 4.39 Å². The van der Waals surface area contributed by atoms with Gasteiger partial charge in [0.1, 0.15) is 11.6 Å². The molecule has 25 heavy (non-hydrogen) atoms. The topological polar surface area (TPSA) is 105 Å². The van der Waals surface area contributed by atoms with E-state index >= 15 is 0 Å². The number of amides is 2. The molecule has 0 aliphatic heterocycles. The summed E-state index contributed by atoms with van der Waals surface area (Å²) < 4.78 is 18.0. The van der Waals surface area contributed by atoms with Gasteiger partial charge in [-0.05, 0) is 24.3 Å². The Balaban J connectivity index is 2.41. The Morgan fingerprint density at radius 3 is 2.28 bits per heavy atom. The highest BCUT2D eigenvalue weighted by molar-refractivity contribution is 5.82. The molecule has 1 aromatic carbocycles. The average molecular weight is 354 g/mol. The van der Waals surface area contributed by atoms with Gasteiger partial charge in [0.15, 0.2) is 0 Å². The third-order valence-corrected chi connectivity index (χ3v) is 3.17. The number of carboxylic acid groups (broad SMARTS) is 1. The molecule has 0 heterocycles. The SMILES string of the molecule is CC(C)(C)C(=O)NCCC(=O)NCC(Oc1ccc(F)cc1)C(=O)O. The monoisotopic (exact) mass is 354 g/mol. The highest BCUT2D eigenvalue weighted by Gasteiger charge is 2.22. The maximum absolute atomic E-state index is 12.8. The summed E-state index contributed by atoms with van der Waals surface area (Å²) >= 11 is 0. The Labute approximate surface area is 145 Å². The number of carbonyl (C=O) groups is 3. The van der Waals surface area contributed by atoms with Crippen LogP contribution in [0.1, 0.15) is 27.2 Å². The first kappa shape index (κ1) is 20.4. The number of carbonyl (C=O) groups excluding carboxylic acids is 2. The number of hydrogen-bond acceptors (Lipinski definition) is 4. The molecule has 7 nitrogen and oxygen atoms in total. The molecule has 0 aliphatic carbocycles. The fourth-order valence-corrected chi connectivity index (χ4v) is 1.71. The maximum atomic E-state index is 12.8. The fraction of sp³-hybridized carbons (Fsp3) is 0.471. The van der Waals surface area contributed by atoms with Crippen molar-refractivity contribution in [3.05, 3.63) is 30.1 Å². The van der Waals surface area contributed by atoms with Gasteiger partial charge in [0.2, 0.25) is 17.9 Å². The molecule has 1 aromatic rings. The minimum Gasteiger partial charge on any atom is -0.478 e. The third kappa shape index (κ3) is 7.65. The molecule has 3 N–H and O–H groups in total. The number of benzene rings is 1. The smallest absolute Gasteiger partial charge is 0.346 e. The lowest BCUT2D eigenvalue weighted by atomic mass is 9.96. The first-order chi connectivity index (χ1) is 11.6. The zero-order valence-electron chi connectivity index (χ0n) is 14.5. The van der Waals surface area contributed by atoms with Crippen LogP contribution in [0.5, 0.6) is 5.75 Å². The Hall–Kier alpha value is -2.64. The zero-order valence-corrected chi connectivity index (χ0v) is 14.5.